The number of hydrogen-bond donors (Lipinski definition) is 0. The molecule has 2 aliphatic heterocycles. The van der Waals surface area contributed by atoms with Crippen molar-refractivity contribution in [2.24, 2.45) is 5.41 Å². The number of allylic oxidation sites excluding steroid dienone is 3. The molecule has 2 unspecified atom stereocenters. The summed E-state index contributed by atoms with van der Waals surface area (Å²) in [5, 5.41) is 4.76. The van der Waals surface area contributed by atoms with E-state index in [1.54, 1.807) is 21.2 Å². The molecule has 1 heteroatoms. The number of hydrogen-bond acceptors (Lipinski definition) is 0. The van der Waals surface area contributed by atoms with Gasteiger partial charge in [0.15, 0.2) is 8.07 Å². The van der Waals surface area contributed by atoms with Gasteiger partial charge in [-0.2, -0.15) is 0 Å². The fourth-order valence-corrected chi connectivity index (χ4v) is 12.8. The van der Waals surface area contributed by atoms with Crippen LogP contribution in [0.3, 0.4) is 0 Å². The molecule has 0 radical (unpaired) electrons. The van der Waals surface area contributed by atoms with E-state index in [1.165, 1.54) is 28.7 Å². The number of benzene rings is 4. The highest BCUT2D eigenvalue weighted by Gasteiger charge is 2.64. The lowest BCUT2D eigenvalue weighted by Gasteiger charge is -2.60. The van der Waals surface area contributed by atoms with E-state index in [0.29, 0.717) is 5.54 Å². The van der Waals surface area contributed by atoms with Gasteiger partial charge in [-0.1, -0.05) is 154 Å². The Morgan fingerprint density at radius 2 is 1.11 bits per heavy atom. The molecule has 1 spiro atoms. The average molecular weight is 495 g/mol. The molecule has 0 nitrogen and oxygen atoms in total. The van der Waals surface area contributed by atoms with E-state index in [1.807, 2.05) is 0 Å². The minimum atomic E-state index is -2.23. The molecule has 0 saturated carbocycles. The van der Waals surface area contributed by atoms with Gasteiger partial charge in [-0.3, -0.25) is 0 Å². The molecule has 0 amide bonds. The summed E-state index contributed by atoms with van der Waals surface area (Å²) in [6.07, 6.45) is 6.17. The smallest absolute Gasteiger partial charge is 0.0622 e. The number of rotatable bonds is 5. The Balaban J connectivity index is 1.67. The van der Waals surface area contributed by atoms with Crippen molar-refractivity contribution >= 4 is 30.1 Å². The Hall–Kier alpha value is -3.68. The van der Waals surface area contributed by atoms with Crippen LogP contribution in [0.5, 0.6) is 0 Å². The Labute approximate surface area is 222 Å². The summed E-state index contributed by atoms with van der Waals surface area (Å²) in [4.78, 5) is 0. The van der Waals surface area contributed by atoms with Crippen LogP contribution in [0, 0.1) is 5.41 Å². The van der Waals surface area contributed by atoms with E-state index in [2.05, 4.69) is 154 Å². The SMILES string of the molecule is CC(C)(C)CC1C(c2ccccc2)=C(c2ccccc2)[Si]12C(c1ccccc1)=C/C2=C\c1ccccc1. The molecule has 0 saturated heterocycles. The fraction of sp³-hybridized carbons (Fsp3) is 0.167. The highest BCUT2D eigenvalue weighted by molar-refractivity contribution is 7.24. The summed E-state index contributed by atoms with van der Waals surface area (Å²) in [6.45, 7) is 7.22. The molecule has 0 fully saturated rings. The normalized spacial score (nSPS) is 22.0. The van der Waals surface area contributed by atoms with Crippen molar-refractivity contribution in [3.05, 3.63) is 155 Å². The van der Waals surface area contributed by atoms with Gasteiger partial charge >= 0.3 is 0 Å². The maximum atomic E-state index is 2.51. The monoisotopic (exact) mass is 494 g/mol. The maximum Gasteiger partial charge on any atom is 0.157 e. The third kappa shape index (κ3) is 4.08. The quantitative estimate of drug-likeness (QED) is 0.242. The second-order valence-electron chi connectivity index (χ2n) is 11.6. The van der Waals surface area contributed by atoms with Gasteiger partial charge < -0.3 is 0 Å². The van der Waals surface area contributed by atoms with Crippen molar-refractivity contribution in [2.45, 2.75) is 32.7 Å². The maximum absolute atomic E-state index is 2.51. The molecule has 4 aromatic carbocycles. The summed E-state index contributed by atoms with van der Waals surface area (Å²) in [6, 6.07) is 44.4. The minimum Gasteiger partial charge on any atom is -0.0622 e. The summed E-state index contributed by atoms with van der Waals surface area (Å²) < 4.78 is 0. The van der Waals surface area contributed by atoms with Crippen LogP contribution in [-0.4, -0.2) is 8.07 Å². The van der Waals surface area contributed by atoms with Crippen LogP contribution < -0.4 is 0 Å². The van der Waals surface area contributed by atoms with Gasteiger partial charge in [0.2, 0.25) is 0 Å². The minimum absolute atomic E-state index is 0.224. The van der Waals surface area contributed by atoms with E-state index >= 15 is 0 Å². The second kappa shape index (κ2) is 9.32. The second-order valence-corrected chi connectivity index (χ2v) is 15.5. The van der Waals surface area contributed by atoms with Crippen LogP contribution in [0.25, 0.3) is 22.0 Å². The van der Waals surface area contributed by atoms with Gasteiger partial charge in [-0.05, 0) is 60.8 Å². The Morgan fingerprint density at radius 3 is 1.65 bits per heavy atom. The molecule has 182 valence electrons. The first kappa shape index (κ1) is 23.7. The van der Waals surface area contributed by atoms with Crippen molar-refractivity contribution < 1.29 is 0 Å². The first-order chi connectivity index (χ1) is 18.0. The zero-order chi connectivity index (χ0) is 25.5. The molecule has 4 aromatic rings. The van der Waals surface area contributed by atoms with E-state index in [-0.39, 0.29) is 5.41 Å². The van der Waals surface area contributed by atoms with Crippen molar-refractivity contribution in [2.75, 3.05) is 0 Å². The molecule has 0 N–H and O–H groups in total. The zero-order valence-corrected chi connectivity index (χ0v) is 23.0. The van der Waals surface area contributed by atoms with Gasteiger partial charge in [0, 0.05) is 0 Å². The molecular weight excluding hydrogens is 460 g/mol. The average Bonchev–Trinajstić information content (AvgIpc) is 2.90. The standard InChI is InChI=1S/C36H34Si/c1-36(2,3)26-33-34(29-20-12-6-13-21-29)35(30-22-14-7-15-23-30)37(33)31(24-27-16-8-4-9-17-27)25-32(37)28-18-10-5-11-19-28/h4-25,33H,26H2,1-3H3/b31-24+. The van der Waals surface area contributed by atoms with Gasteiger partial charge in [-0.15, -0.1) is 0 Å². The molecule has 2 heterocycles. The predicted octanol–water partition coefficient (Wildman–Crippen LogP) is 9.66. The van der Waals surface area contributed by atoms with E-state index in [4.69, 9.17) is 0 Å². The topological polar surface area (TPSA) is 0 Å². The predicted molar refractivity (Wildman–Crippen MR) is 162 cm³/mol. The molecule has 0 aliphatic carbocycles. The van der Waals surface area contributed by atoms with Crippen LogP contribution in [0.2, 0.25) is 5.54 Å². The highest BCUT2D eigenvalue weighted by atomic mass is 28.3. The molecule has 2 aliphatic rings. The van der Waals surface area contributed by atoms with E-state index < -0.39 is 8.07 Å². The molecule has 37 heavy (non-hydrogen) atoms. The Morgan fingerprint density at radius 1 is 0.622 bits per heavy atom. The van der Waals surface area contributed by atoms with Crippen molar-refractivity contribution in [1.82, 2.24) is 0 Å². The fourth-order valence-electron chi connectivity index (χ4n) is 6.46. The van der Waals surface area contributed by atoms with Crippen LogP contribution in [0.15, 0.2) is 133 Å². The Bertz CT molecular complexity index is 1490. The molecule has 6 rings (SSSR count). The first-order valence-electron chi connectivity index (χ1n) is 13.4. The lowest BCUT2D eigenvalue weighted by molar-refractivity contribution is 0.380. The highest BCUT2D eigenvalue weighted by Crippen LogP contribution is 2.70. The van der Waals surface area contributed by atoms with Gasteiger partial charge in [0.1, 0.15) is 0 Å². The summed E-state index contributed by atoms with van der Waals surface area (Å²) in [5.41, 5.74) is 7.77. The third-order valence-electron chi connectivity index (χ3n) is 7.89. The van der Waals surface area contributed by atoms with E-state index in [9.17, 15) is 0 Å². The van der Waals surface area contributed by atoms with Gasteiger partial charge in [0.25, 0.3) is 0 Å². The van der Waals surface area contributed by atoms with Crippen molar-refractivity contribution in [1.29, 1.82) is 0 Å². The zero-order valence-electron chi connectivity index (χ0n) is 22.0. The van der Waals surface area contributed by atoms with E-state index in [0.717, 1.165) is 0 Å². The lowest BCUT2D eigenvalue weighted by atomic mass is 9.85. The molecule has 0 bridgehead atoms. The molecular formula is C36H34Si. The third-order valence-corrected chi connectivity index (χ3v) is 13.3. The lowest BCUT2D eigenvalue weighted by Crippen LogP contribution is -2.58. The van der Waals surface area contributed by atoms with Crippen molar-refractivity contribution in [3.8, 4) is 0 Å². The largest absolute Gasteiger partial charge is 0.157 e. The Kier molecular flexibility index (Phi) is 5.97. The van der Waals surface area contributed by atoms with Crippen LogP contribution in [-0.2, 0) is 0 Å². The molecule has 0 aromatic heterocycles. The summed E-state index contributed by atoms with van der Waals surface area (Å²) >= 11 is 0. The van der Waals surface area contributed by atoms with Crippen molar-refractivity contribution in [3.63, 3.8) is 0 Å². The summed E-state index contributed by atoms with van der Waals surface area (Å²) in [5.74, 6) is 0. The molecule has 2 atom stereocenters. The van der Waals surface area contributed by atoms with Crippen LogP contribution >= 0.6 is 0 Å². The van der Waals surface area contributed by atoms with Crippen LogP contribution in [0.4, 0.5) is 0 Å². The van der Waals surface area contributed by atoms with Gasteiger partial charge in [-0.25, -0.2) is 0 Å². The van der Waals surface area contributed by atoms with Gasteiger partial charge in [0.05, 0.1) is 0 Å². The van der Waals surface area contributed by atoms with Crippen LogP contribution in [0.1, 0.15) is 49.4 Å². The summed E-state index contributed by atoms with van der Waals surface area (Å²) in [7, 11) is -2.23. The first-order valence-corrected chi connectivity index (χ1v) is 15.5.